The molecule has 1 aromatic rings. The Morgan fingerprint density at radius 2 is 1.95 bits per heavy atom. The second-order valence-corrected chi connectivity index (χ2v) is 6.35. The van der Waals surface area contributed by atoms with Gasteiger partial charge in [-0.25, -0.2) is 4.39 Å². The molecule has 0 radical (unpaired) electrons. The summed E-state index contributed by atoms with van der Waals surface area (Å²) in [7, 11) is 0. The Hall–Kier alpha value is -0.930. The number of hydrogen-bond acceptors (Lipinski definition) is 2. The summed E-state index contributed by atoms with van der Waals surface area (Å²) in [4.78, 5) is 0. The van der Waals surface area contributed by atoms with Crippen LogP contribution in [0.25, 0.3) is 0 Å². The quantitative estimate of drug-likeness (QED) is 0.899. The van der Waals surface area contributed by atoms with Crippen LogP contribution < -0.4 is 5.32 Å². The smallest absolute Gasteiger partial charge is 0.123 e. The minimum absolute atomic E-state index is 0.178. The predicted octanol–water partition coefficient (Wildman–Crippen LogP) is 3.97. The van der Waals surface area contributed by atoms with Crippen LogP contribution >= 0.6 is 0 Å². The lowest BCUT2D eigenvalue weighted by atomic mass is 9.98. The molecule has 2 aliphatic rings. The summed E-state index contributed by atoms with van der Waals surface area (Å²) < 4.78 is 19.2. The molecule has 2 nitrogen and oxygen atoms in total. The number of hydrogen-bond donors (Lipinski definition) is 1. The molecule has 0 aromatic heterocycles. The van der Waals surface area contributed by atoms with E-state index in [2.05, 4.69) is 12.2 Å². The van der Waals surface area contributed by atoms with Crippen molar-refractivity contribution in [3.05, 3.63) is 35.6 Å². The van der Waals surface area contributed by atoms with E-state index >= 15 is 0 Å². The molecule has 3 heteroatoms. The number of halogens is 1. The SMILES string of the molecule is C[C@H](NCC1CCC2(CCCC2)O1)c1ccc(F)cc1. The van der Waals surface area contributed by atoms with Crippen molar-refractivity contribution in [2.45, 2.75) is 63.2 Å². The average Bonchev–Trinajstić information content (AvgIpc) is 3.08. The van der Waals surface area contributed by atoms with Crippen LogP contribution in [0.15, 0.2) is 24.3 Å². The predicted molar refractivity (Wildman–Crippen MR) is 78.1 cm³/mol. The molecule has 110 valence electrons. The fraction of sp³-hybridized carbons (Fsp3) is 0.647. The zero-order valence-electron chi connectivity index (χ0n) is 12.2. The lowest BCUT2D eigenvalue weighted by Gasteiger charge is -2.24. The highest BCUT2D eigenvalue weighted by molar-refractivity contribution is 5.19. The molecular weight excluding hydrogens is 253 g/mol. The Bertz CT molecular complexity index is 439. The summed E-state index contributed by atoms with van der Waals surface area (Å²) in [5.41, 5.74) is 1.34. The summed E-state index contributed by atoms with van der Waals surface area (Å²) in [6.45, 7) is 3.01. The van der Waals surface area contributed by atoms with Crippen molar-refractivity contribution in [3.63, 3.8) is 0 Å². The van der Waals surface area contributed by atoms with Crippen molar-refractivity contribution < 1.29 is 9.13 Å². The Kier molecular flexibility index (Phi) is 4.08. The first-order valence-electron chi connectivity index (χ1n) is 7.84. The van der Waals surface area contributed by atoms with E-state index in [-0.39, 0.29) is 17.5 Å². The van der Waals surface area contributed by atoms with Gasteiger partial charge in [-0.1, -0.05) is 25.0 Å². The molecule has 20 heavy (non-hydrogen) atoms. The van der Waals surface area contributed by atoms with E-state index in [1.165, 1.54) is 50.7 Å². The van der Waals surface area contributed by atoms with Crippen molar-refractivity contribution in [3.8, 4) is 0 Å². The second-order valence-electron chi connectivity index (χ2n) is 6.35. The van der Waals surface area contributed by atoms with Crippen molar-refractivity contribution in [2.75, 3.05) is 6.54 Å². The maximum Gasteiger partial charge on any atom is 0.123 e. The molecule has 1 aromatic carbocycles. The van der Waals surface area contributed by atoms with Gasteiger partial charge in [0.1, 0.15) is 5.82 Å². The molecule has 1 unspecified atom stereocenters. The van der Waals surface area contributed by atoms with Gasteiger partial charge in [0.05, 0.1) is 11.7 Å². The van der Waals surface area contributed by atoms with Crippen molar-refractivity contribution in [1.29, 1.82) is 0 Å². The third-order valence-corrected chi connectivity index (χ3v) is 4.88. The molecule has 1 saturated carbocycles. The number of ether oxygens (including phenoxy) is 1. The van der Waals surface area contributed by atoms with E-state index in [9.17, 15) is 4.39 Å². The van der Waals surface area contributed by atoms with E-state index < -0.39 is 0 Å². The molecule has 2 atom stereocenters. The molecule has 1 heterocycles. The summed E-state index contributed by atoms with van der Waals surface area (Å²) in [6, 6.07) is 6.97. The van der Waals surface area contributed by atoms with Gasteiger partial charge in [-0.05, 0) is 50.3 Å². The van der Waals surface area contributed by atoms with E-state index in [1.807, 2.05) is 12.1 Å². The largest absolute Gasteiger partial charge is 0.370 e. The summed E-state index contributed by atoms with van der Waals surface area (Å²) in [5, 5.41) is 3.52. The van der Waals surface area contributed by atoms with Crippen molar-refractivity contribution in [1.82, 2.24) is 5.32 Å². The highest BCUT2D eigenvalue weighted by atomic mass is 19.1. The Morgan fingerprint density at radius 1 is 1.25 bits per heavy atom. The van der Waals surface area contributed by atoms with Crippen molar-refractivity contribution >= 4 is 0 Å². The normalized spacial score (nSPS) is 26.2. The highest BCUT2D eigenvalue weighted by Gasteiger charge is 2.41. The van der Waals surface area contributed by atoms with Crippen LogP contribution in [-0.2, 0) is 4.74 Å². The maximum atomic E-state index is 12.9. The van der Waals surface area contributed by atoms with E-state index in [1.54, 1.807) is 0 Å². The monoisotopic (exact) mass is 277 g/mol. The Balaban J connectivity index is 1.49. The lowest BCUT2D eigenvalue weighted by molar-refractivity contribution is -0.0357. The van der Waals surface area contributed by atoms with E-state index in [0.717, 1.165) is 12.1 Å². The Labute approximate surface area is 120 Å². The Morgan fingerprint density at radius 3 is 2.65 bits per heavy atom. The lowest BCUT2D eigenvalue weighted by Crippen LogP contribution is -2.32. The number of nitrogens with one attached hydrogen (secondary N) is 1. The third kappa shape index (κ3) is 3.04. The van der Waals surface area contributed by atoms with Crippen LogP contribution in [0, 0.1) is 5.82 Å². The van der Waals surface area contributed by atoms with Crippen LogP contribution in [0.5, 0.6) is 0 Å². The maximum absolute atomic E-state index is 12.9. The first-order chi connectivity index (χ1) is 9.67. The molecule has 1 saturated heterocycles. The van der Waals surface area contributed by atoms with E-state index in [4.69, 9.17) is 4.74 Å². The molecule has 3 rings (SSSR count). The molecular formula is C17H24FNO. The first-order valence-corrected chi connectivity index (χ1v) is 7.84. The fourth-order valence-electron chi connectivity index (χ4n) is 3.60. The van der Waals surface area contributed by atoms with E-state index in [0.29, 0.717) is 6.10 Å². The van der Waals surface area contributed by atoms with Crippen LogP contribution in [0.1, 0.15) is 57.1 Å². The molecule has 1 spiro atoms. The van der Waals surface area contributed by atoms with Gasteiger partial charge in [-0.15, -0.1) is 0 Å². The van der Waals surface area contributed by atoms with Crippen LogP contribution in [0.3, 0.4) is 0 Å². The summed E-state index contributed by atoms with van der Waals surface area (Å²) in [5.74, 6) is -0.178. The highest BCUT2D eigenvalue weighted by Crippen LogP contribution is 2.43. The number of benzene rings is 1. The molecule has 1 aliphatic carbocycles. The fourth-order valence-corrected chi connectivity index (χ4v) is 3.60. The van der Waals surface area contributed by atoms with Gasteiger partial charge in [0, 0.05) is 12.6 Å². The molecule has 2 fully saturated rings. The van der Waals surface area contributed by atoms with Gasteiger partial charge in [-0.2, -0.15) is 0 Å². The van der Waals surface area contributed by atoms with Gasteiger partial charge >= 0.3 is 0 Å². The molecule has 1 aliphatic heterocycles. The topological polar surface area (TPSA) is 21.3 Å². The average molecular weight is 277 g/mol. The van der Waals surface area contributed by atoms with Crippen molar-refractivity contribution in [2.24, 2.45) is 0 Å². The number of rotatable bonds is 4. The van der Waals surface area contributed by atoms with Gasteiger partial charge in [0.15, 0.2) is 0 Å². The second kappa shape index (κ2) is 5.82. The minimum Gasteiger partial charge on any atom is -0.370 e. The summed E-state index contributed by atoms with van der Waals surface area (Å²) >= 11 is 0. The van der Waals surface area contributed by atoms with Crippen LogP contribution in [0.2, 0.25) is 0 Å². The zero-order valence-corrected chi connectivity index (χ0v) is 12.2. The van der Waals surface area contributed by atoms with Crippen LogP contribution in [0.4, 0.5) is 4.39 Å². The third-order valence-electron chi connectivity index (χ3n) is 4.88. The first kappa shape index (κ1) is 14.0. The van der Waals surface area contributed by atoms with Crippen LogP contribution in [-0.4, -0.2) is 18.2 Å². The van der Waals surface area contributed by atoms with Gasteiger partial charge < -0.3 is 10.1 Å². The molecule has 0 bridgehead atoms. The van der Waals surface area contributed by atoms with Gasteiger partial charge in [-0.3, -0.25) is 0 Å². The molecule has 0 amide bonds. The zero-order chi connectivity index (χ0) is 14.0. The van der Waals surface area contributed by atoms with Gasteiger partial charge in [0.2, 0.25) is 0 Å². The standard InChI is InChI=1S/C17H24FNO/c1-13(14-4-6-15(18)7-5-14)19-12-16-8-11-17(20-16)9-2-3-10-17/h4-7,13,16,19H,2-3,8-12H2,1H3/t13-,16?/m0/s1. The minimum atomic E-state index is -0.178. The molecule has 1 N–H and O–H groups in total. The summed E-state index contributed by atoms with van der Waals surface area (Å²) in [6.07, 6.45) is 7.88. The van der Waals surface area contributed by atoms with Gasteiger partial charge in [0.25, 0.3) is 0 Å².